The van der Waals surface area contributed by atoms with Gasteiger partial charge in [0.1, 0.15) is 0 Å². The van der Waals surface area contributed by atoms with Gasteiger partial charge < -0.3 is 30.7 Å². The summed E-state index contributed by atoms with van der Waals surface area (Å²) >= 11 is 0. The SMILES string of the molecule is O=C(CCCN1C(=O)C=CC1=O)[15NH][13CH2][13C](=O)N[13CH2][13C](=O)N1CCN(C(=O)C(=O)N2CCNCC2)CC1. The maximum Gasteiger partial charge on any atom is 0.312 e. The lowest BCUT2D eigenvalue weighted by atomic mass is 10.3. The van der Waals surface area contributed by atoms with E-state index in [2.05, 4.69) is 16.0 Å². The van der Waals surface area contributed by atoms with Crippen LogP contribution >= 0.6 is 0 Å². The summed E-state index contributed by atoms with van der Waals surface area (Å²) in [5.74, 6) is -3.21. The molecule has 0 spiro atoms. The molecule has 0 saturated carbocycles. The fourth-order valence-corrected chi connectivity index (χ4v) is 3.96. The highest BCUT2D eigenvalue weighted by atomic mass is 16.2. The standard InChI is InChI=1S/C22H31N7O7/c30-16(2-1-7-29-18(32)3-4-19(29)33)24-14-17(31)25-15-20(34)26-10-12-28(13-11-26)22(36)21(35)27-8-5-23-6-9-27/h3-4,23H,1-2,5-15H2,(H,24,30)(H,25,31)/i14+1,15+1,17+1,20+1,24+1. The van der Waals surface area contributed by atoms with Crippen molar-refractivity contribution in [1.82, 2.24) is 35.6 Å². The minimum absolute atomic E-state index is 0.0312. The number of nitrogens with zero attached hydrogens (tertiary/aromatic N) is 4. The first-order valence-corrected chi connectivity index (χ1v) is 11.9. The predicted octanol–water partition coefficient (Wildman–Crippen LogP) is -3.97. The molecule has 0 radical (unpaired) electrons. The van der Waals surface area contributed by atoms with Crippen LogP contribution in [0.3, 0.4) is 0 Å². The lowest BCUT2D eigenvalue weighted by molar-refractivity contribution is -0.154. The van der Waals surface area contributed by atoms with Gasteiger partial charge in [0.25, 0.3) is 11.8 Å². The van der Waals surface area contributed by atoms with E-state index in [1.54, 1.807) is 0 Å². The number of amides is 7. The van der Waals surface area contributed by atoms with Crippen LogP contribution < -0.4 is 16.0 Å². The van der Waals surface area contributed by atoms with Crippen LogP contribution in [-0.4, -0.2) is 133 Å². The highest BCUT2D eigenvalue weighted by Gasteiger charge is 2.31. The van der Waals surface area contributed by atoms with Gasteiger partial charge in [-0.15, -0.1) is 0 Å². The van der Waals surface area contributed by atoms with Gasteiger partial charge in [0.2, 0.25) is 17.7 Å². The van der Waals surface area contributed by atoms with Gasteiger partial charge >= 0.3 is 11.8 Å². The van der Waals surface area contributed by atoms with E-state index in [1.807, 2.05) is 0 Å². The van der Waals surface area contributed by atoms with Crippen molar-refractivity contribution in [3.8, 4) is 0 Å². The molecule has 3 aliphatic rings. The summed E-state index contributed by atoms with van der Waals surface area (Å²) in [6, 6.07) is 0. The molecular weight excluding hydrogens is 479 g/mol. The maximum atomic E-state index is 12.5. The highest BCUT2D eigenvalue weighted by molar-refractivity contribution is 6.35. The average Bonchev–Trinajstić information content (AvgIpc) is 3.22. The molecular formula is C22H31N7O7. The first-order chi connectivity index (χ1) is 17.3. The molecule has 0 unspecified atom stereocenters. The van der Waals surface area contributed by atoms with Gasteiger partial charge in [-0.2, -0.15) is 0 Å². The second kappa shape index (κ2) is 12.8. The Morgan fingerprint density at radius 1 is 0.722 bits per heavy atom. The normalized spacial score (nSPS) is 17.9. The van der Waals surface area contributed by atoms with E-state index in [-0.39, 0.29) is 64.6 Å². The molecule has 0 aromatic heterocycles. The van der Waals surface area contributed by atoms with E-state index in [1.165, 1.54) is 26.9 Å². The Morgan fingerprint density at radius 2 is 1.25 bits per heavy atom. The smallest absolute Gasteiger partial charge is 0.312 e. The Bertz CT molecular complexity index is 919. The zero-order valence-electron chi connectivity index (χ0n) is 20.0. The van der Waals surface area contributed by atoms with E-state index < -0.39 is 35.4 Å². The lowest BCUT2D eigenvalue weighted by Crippen LogP contribution is -2.57. The van der Waals surface area contributed by atoms with Gasteiger partial charge in [-0.3, -0.25) is 38.5 Å². The number of hydrogen-bond donors (Lipinski definition) is 3. The quantitative estimate of drug-likeness (QED) is 0.129. The van der Waals surface area contributed by atoms with Crippen molar-refractivity contribution >= 4 is 41.4 Å². The van der Waals surface area contributed by atoms with Crippen molar-refractivity contribution in [2.45, 2.75) is 12.8 Å². The number of nitrogens with one attached hydrogen (secondary N) is 3. The number of piperazine rings is 2. The maximum absolute atomic E-state index is 12.5. The Labute approximate surface area is 208 Å². The minimum atomic E-state index is -0.566. The van der Waals surface area contributed by atoms with E-state index in [9.17, 15) is 33.6 Å². The monoisotopic (exact) mass is 510 g/mol. The van der Waals surface area contributed by atoms with E-state index in [4.69, 9.17) is 0 Å². The predicted molar refractivity (Wildman–Crippen MR) is 124 cm³/mol. The molecule has 7 amide bonds. The number of hydrogen-bond acceptors (Lipinski definition) is 8. The summed E-state index contributed by atoms with van der Waals surface area (Å²) in [4.78, 5) is 89.5. The average molecular weight is 510 g/mol. The molecule has 0 atom stereocenters. The molecule has 0 aromatic rings. The molecule has 196 valence electrons. The molecule has 14 nitrogen and oxygen atoms in total. The van der Waals surface area contributed by atoms with Crippen LogP contribution in [0, 0.1) is 0 Å². The number of carbonyl (C=O) groups is 7. The fourth-order valence-electron chi connectivity index (χ4n) is 3.96. The third-order valence-electron chi connectivity index (χ3n) is 6.08. The topological polar surface area (TPSA) is 169 Å². The van der Waals surface area contributed by atoms with Crippen LogP contribution in [-0.2, 0) is 33.6 Å². The third kappa shape index (κ3) is 7.34. The molecule has 0 aliphatic carbocycles. The van der Waals surface area contributed by atoms with E-state index in [0.717, 1.165) is 4.90 Å². The van der Waals surface area contributed by atoms with Gasteiger partial charge in [-0.05, 0) is 6.42 Å². The molecule has 0 bridgehead atoms. The van der Waals surface area contributed by atoms with Crippen LogP contribution in [0.15, 0.2) is 12.2 Å². The van der Waals surface area contributed by atoms with Crippen molar-refractivity contribution in [1.29, 1.82) is 0 Å². The fraction of sp³-hybridized carbons (Fsp3) is 0.591. The van der Waals surface area contributed by atoms with E-state index >= 15 is 0 Å². The van der Waals surface area contributed by atoms with E-state index in [0.29, 0.717) is 26.2 Å². The van der Waals surface area contributed by atoms with Crippen LogP contribution in [0.1, 0.15) is 12.8 Å². The second-order valence-electron chi connectivity index (χ2n) is 8.53. The number of carbonyl (C=O) groups excluding carboxylic acids is 7. The summed E-state index contributed by atoms with van der Waals surface area (Å²) in [6.07, 6.45) is 2.63. The molecule has 3 aliphatic heterocycles. The summed E-state index contributed by atoms with van der Waals surface area (Å²) in [6.45, 7) is 2.79. The van der Waals surface area contributed by atoms with Gasteiger partial charge in [0, 0.05) is 77.5 Å². The van der Waals surface area contributed by atoms with Crippen molar-refractivity contribution in [2.75, 3.05) is 72.0 Å². The summed E-state index contributed by atoms with van der Waals surface area (Å²) in [5.41, 5.74) is 0. The highest BCUT2D eigenvalue weighted by Crippen LogP contribution is 2.06. The Morgan fingerprint density at radius 3 is 1.86 bits per heavy atom. The Balaban J connectivity index is 1.27. The molecule has 14 heteroatoms. The van der Waals surface area contributed by atoms with Gasteiger partial charge in [0.15, 0.2) is 0 Å². The molecule has 36 heavy (non-hydrogen) atoms. The number of rotatable bonds is 8. The summed E-state index contributed by atoms with van der Waals surface area (Å²) in [5, 5.41) is 7.99. The molecule has 3 rings (SSSR count). The largest absolute Gasteiger partial charge is 0.347 e. The van der Waals surface area contributed by atoms with Gasteiger partial charge in [-0.1, -0.05) is 0 Å². The molecule has 2 saturated heterocycles. The second-order valence-corrected chi connectivity index (χ2v) is 8.53. The van der Waals surface area contributed by atoms with Gasteiger partial charge in [0.05, 0.1) is 13.1 Å². The van der Waals surface area contributed by atoms with Crippen LogP contribution in [0.4, 0.5) is 0 Å². The molecule has 3 heterocycles. The zero-order chi connectivity index (χ0) is 26.1. The molecule has 0 aromatic carbocycles. The Kier molecular flexibility index (Phi) is 9.50. The van der Waals surface area contributed by atoms with Crippen molar-refractivity contribution < 1.29 is 33.6 Å². The minimum Gasteiger partial charge on any atom is -0.347 e. The van der Waals surface area contributed by atoms with Crippen LogP contribution in [0.2, 0.25) is 0 Å². The molecule has 2 fully saturated rings. The van der Waals surface area contributed by atoms with Crippen molar-refractivity contribution in [3.63, 3.8) is 0 Å². The number of imide groups is 1. The third-order valence-corrected chi connectivity index (χ3v) is 6.08. The summed E-state index contributed by atoms with van der Waals surface area (Å²) < 4.78 is 0. The summed E-state index contributed by atoms with van der Waals surface area (Å²) in [7, 11) is 0. The first kappa shape index (κ1) is 26.8. The van der Waals surface area contributed by atoms with Crippen LogP contribution in [0.5, 0.6) is 0 Å². The van der Waals surface area contributed by atoms with Crippen LogP contribution in [0.25, 0.3) is 0 Å². The van der Waals surface area contributed by atoms with Crippen molar-refractivity contribution in [2.24, 2.45) is 0 Å². The Hall–Kier alpha value is -3.81. The van der Waals surface area contributed by atoms with Crippen molar-refractivity contribution in [3.05, 3.63) is 12.2 Å². The first-order valence-electron chi connectivity index (χ1n) is 11.9. The molecule has 3 N–H and O–H groups in total. The zero-order valence-corrected chi connectivity index (χ0v) is 20.0. The lowest BCUT2D eigenvalue weighted by Gasteiger charge is -2.36. The van der Waals surface area contributed by atoms with Gasteiger partial charge in [-0.25, -0.2) is 0 Å².